The van der Waals surface area contributed by atoms with Crippen LogP contribution in [-0.4, -0.2) is 75.2 Å². The van der Waals surface area contributed by atoms with Crippen molar-refractivity contribution in [3.05, 3.63) is 129 Å². The van der Waals surface area contributed by atoms with Gasteiger partial charge in [0, 0.05) is 36.6 Å². The number of fused-ring (bicyclic) bond motifs is 3. The van der Waals surface area contributed by atoms with E-state index in [4.69, 9.17) is 30.5 Å². The molecule has 1 N–H and O–H groups in total. The van der Waals surface area contributed by atoms with E-state index in [1.807, 2.05) is 87.5 Å². The lowest BCUT2D eigenvalue weighted by atomic mass is 9.64. The zero-order valence-electron chi connectivity index (χ0n) is 38.7. The summed E-state index contributed by atoms with van der Waals surface area (Å²) in [6, 6.07) is 26.9. The summed E-state index contributed by atoms with van der Waals surface area (Å²) in [5.41, 5.74) is 5.73. The lowest BCUT2D eigenvalue weighted by Gasteiger charge is -2.47. The molecule has 4 aliphatic rings. The van der Waals surface area contributed by atoms with E-state index >= 15 is 0 Å². The Balaban J connectivity index is 0.990. The number of sulfonamides is 1. The molecule has 0 radical (unpaired) electrons. The maximum absolute atomic E-state index is 14.4. The average molecular weight is 926 g/mol. The number of hydrogen-bond donors (Lipinski definition) is 1. The summed E-state index contributed by atoms with van der Waals surface area (Å²) in [4.78, 5) is 15.8. The van der Waals surface area contributed by atoms with Crippen molar-refractivity contribution in [2.24, 2.45) is 23.7 Å². The zero-order valence-corrected chi connectivity index (χ0v) is 40.3. The third kappa shape index (κ3) is 10.5. The number of rotatable bonds is 16. The van der Waals surface area contributed by atoms with Crippen molar-refractivity contribution in [1.29, 1.82) is 0 Å². The highest BCUT2D eigenvalue weighted by atomic mass is 35.5. The first kappa shape index (κ1) is 47.0. The Hall–Kier alpha value is -4.55. The monoisotopic (exact) mass is 924 g/mol. The summed E-state index contributed by atoms with van der Waals surface area (Å²) in [7, 11) is -0.477. The van der Waals surface area contributed by atoms with Crippen LogP contribution in [-0.2, 0) is 39.7 Å². The molecule has 0 aromatic heterocycles. The number of carbonyl (C=O) groups is 1. The fraction of sp³-hybridized carbons (Fsp3) is 0.491. The van der Waals surface area contributed by atoms with Gasteiger partial charge in [-0.1, -0.05) is 61.4 Å². The summed E-state index contributed by atoms with van der Waals surface area (Å²) in [6.45, 7) is 10.1. The van der Waals surface area contributed by atoms with Crippen molar-refractivity contribution < 1.29 is 37.3 Å². The molecule has 1 spiro atoms. The molecule has 12 heteroatoms. The van der Waals surface area contributed by atoms with Crippen molar-refractivity contribution in [3.63, 3.8) is 0 Å². The van der Waals surface area contributed by atoms with Gasteiger partial charge in [0.05, 0.1) is 43.9 Å². The number of aryl methyl sites for hydroxylation is 1. The van der Waals surface area contributed by atoms with Crippen LogP contribution in [0.4, 0.5) is 5.69 Å². The first-order chi connectivity index (χ1) is 31.1. The number of allylic oxidation sites excluding steroid dienone is 1. The number of anilines is 1. The van der Waals surface area contributed by atoms with Crippen LogP contribution in [0.15, 0.2) is 96.6 Å². The minimum atomic E-state index is -3.71. The molecule has 0 amide bonds. The molecule has 0 saturated heterocycles. The Morgan fingerprint density at radius 1 is 0.954 bits per heavy atom. The highest BCUT2D eigenvalue weighted by Gasteiger charge is 2.46. The molecule has 6 atom stereocenters. The van der Waals surface area contributed by atoms with Crippen LogP contribution in [0.1, 0.15) is 98.8 Å². The predicted octanol–water partition coefficient (Wildman–Crippen LogP) is 10.2. The largest absolute Gasteiger partial charge is 0.497 e. The van der Waals surface area contributed by atoms with Crippen molar-refractivity contribution in [2.75, 3.05) is 44.6 Å². The van der Waals surface area contributed by atoms with Gasteiger partial charge >= 0.3 is 5.97 Å². The second-order valence-electron chi connectivity index (χ2n) is 19.8. The Morgan fingerprint density at radius 3 is 2.20 bits per heavy atom. The smallest absolute Gasteiger partial charge is 0.338 e. The van der Waals surface area contributed by atoms with Crippen molar-refractivity contribution in [2.45, 2.75) is 103 Å². The Labute approximate surface area is 390 Å². The number of esters is 1. The summed E-state index contributed by atoms with van der Waals surface area (Å²) in [5.74, 6) is 2.04. The number of carbonyl (C=O) groups excluding carboxylic acids is 1. The Kier molecular flexibility index (Phi) is 14.0. The molecule has 10 nitrogen and oxygen atoms in total. The molecular formula is C53H65ClN2O8S. The summed E-state index contributed by atoms with van der Waals surface area (Å²) in [5, 5.41) is 12.8. The van der Waals surface area contributed by atoms with Crippen LogP contribution in [0.3, 0.4) is 0 Å². The van der Waals surface area contributed by atoms with E-state index in [0.29, 0.717) is 49.6 Å². The van der Waals surface area contributed by atoms with E-state index in [0.717, 1.165) is 65.3 Å². The summed E-state index contributed by atoms with van der Waals surface area (Å²) < 4.78 is 53.6. The van der Waals surface area contributed by atoms with Crippen LogP contribution >= 0.6 is 11.6 Å². The Bertz CT molecular complexity index is 2420. The number of aliphatic hydroxyl groups excluding tert-OH is 1. The number of methoxy groups -OCH3 is 2. The number of ether oxygens (including phenoxy) is 4. The number of nitrogens with zero attached hydrogens (tertiary/aromatic N) is 2. The van der Waals surface area contributed by atoms with Crippen LogP contribution in [0.5, 0.6) is 17.2 Å². The minimum Gasteiger partial charge on any atom is -0.497 e. The van der Waals surface area contributed by atoms with E-state index in [-0.39, 0.29) is 53.9 Å². The standard InChI is InChI=1S/C53H65ClN2O8S/c1-7-37(32-65(59,60)56(29-35-10-17-44(61-5)18-11-35)30-36-12-19-45(62-6)20-13-36)41-25-42(26-41)50(57)46-21-14-40(46)31-55-33-53(24-8-9-38-27-43(54)16-22-47(38)53)34-63-49-23-15-39(28-48(49)55)51(58)64-52(2,3)4/h10-13,15-20,22-23,25,27-28,37,40-41,46,50,57H,7-9,14,21,24,26,29-34H2,1-6H3/t37-,40+,41?,46-,50+,53+/m1/s1. The fourth-order valence-corrected chi connectivity index (χ4v) is 12.6. The van der Waals surface area contributed by atoms with Gasteiger partial charge in [-0.25, -0.2) is 13.2 Å². The third-order valence-corrected chi connectivity index (χ3v) is 16.4. The van der Waals surface area contributed by atoms with Crippen molar-refractivity contribution >= 4 is 33.3 Å². The first-order valence-electron chi connectivity index (χ1n) is 23.2. The van der Waals surface area contributed by atoms with Crippen LogP contribution in [0, 0.1) is 23.7 Å². The Morgan fingerprint density at radius 2 is 1.62 bits per heavy atom. The highest BCUT2D eigenvalue weighted by Crippen LogP contribution is 2.49. The van der Waals surface area contributed by atoms with Gasteiger partial charge in [-0.15, -0.1) is 0 Å². The molecule has 4 aromatic rings. The molecule has 3 aliphatic carbocycles. The SMILES string of the molecule is CC[C@H](CS(=O)(=O)N(Cc1ccc(OC)cc1)Cc1ccc(OC)cc1)C1C=C([C@H](O)[C@@H]2CC[C@H]2CN2C[C@@]3(CCCc4cc(Cl)ccc43)COc3ccc(C(=O)OC(C)(C)C)cc32)C1. The molecule has 1 aliphatic heterocycles. The average Bonchev–Trinajstić information content (AvgIpc) is 3.40. The van der Waals surface area contributed by atoms with Gasteiger partial charge in [-0.2, -0.15) is 4.31 Å². The zero-order chi connectivity index (χ0) is 46.1. The molecule has 65 heavy (non-hydrogen) atoms. The second-order valence-corrected chi connectivity index (χ2v) is 22.2. The van der Waals surface area contributed by atoms with E-state index < -0.39 is 21.7 Å². The van der Waals surface area contributed by atoms with Gasteiger partial charge in [0.2, 0.25) is 10.0 Å². The predicted molar refractivity (Wildman–Crippen MR) is 257 cm³/mol. The summed E-state index contributed by atoms with van der Waals surface area (Å²) >= 11 is 6.51. The van der Waals surface area contributed by atoms with Gasteiger partial charge in [0.25, 0.3) is 0 Å². The minimum absolute atomic E-state index is 0.0191. The normalized spacial score (nSPS) is 22.6. The van der Waals surface area contributed by atoms with Gasteiger partial charge in [-0.05, 0) is 165 Å². The first-order valence-corrected chi connectivity index (χ1v) is 25.2. The molecule has 8 rings (SSSR count). The second kappa shape index (κ2) is 19.4. The molecule has 4 aromatic carbocycles. The molecule has 348 valence electrons. The molecule has 1 saturated carbocycles. The molecule has 1 heterocycles. The van der Waals surface area contributed by atoms with Crippen molar-refractivity contribution in [1.82, 2.24) is 4.31 Å². The molecule has 0 bridgehead atoms. The van der Waals surface area contributed by atoms with E-state index in [2.05, 4.69) is 30.0 Å². The number of halogens is 1. The van der Waals surface area contributed by atoms with Gasteiger partial charge in [-0.3, -0.25) is 0 Å². The van der Waals surface area contributed by atoms with E-state index in [1.54, 1.807) is 24.6 Å². The number of aliphatic hydroxyl groups is 1. The quantitative estimate of drug-likeness (QED) is 0.0867. The van der Waals surface area contributed by atoms with E-state index in [1.165, 1.54) is 11.1 Å². The maximum Gasteiger partial charge on any atom is 0.338 e. The third-order valence-electron chi connectivity index (χ3n) is 14.3. The molecule has 1 unspecified atom stereocenters. The summed E-state index contributed by atoms with van der Waals surface area (Å²) in [6.07, 6.45) is 7.77. The topological polar surface area (TPSA) is 115 Å². The van der Waals surface area contributed by atoms with Gasteiger partial charge in [0.1, 0.15) is 22.8 Å². The fourth-order valence-electron chi connectivity index (χ4n) is 10.5. The van der Waals surface area contributed by atoms with Crippen molar-refractivity contribution in [3.8, 4) is 17.2 Å². The molecule has 1 fully saturated rings. The number of hydrogen-bond acceptors (Lipinski definition) is 9. The van der Waals surface area contributed by atoms with Crippen LogP contribution < -0.4 is 19.1 Å². The highest BCUT2D eigenvalue weighted by molar-refractivity contribution is 7.89. The van der Waals surface area contributed by atoms with Gasteiger partial charge in [0.15, 0.2) is 0 Å². The lowest BCUT2D eigenvalue weighted by Crippen LogP contribution is -2.50. The van der Waals surface area contributed by atoms with Crippen LogP contribution in [0.2, 0.25) is 5.02 Å². The lowest BCUT2D eigenvalue weighted by molar-refractivity contribution is 0.00694. The van der Waals surface area contributed by atoms with Gasteiger partial charge < -0.3 is 29.0 Å². The molecular weight excluding hydrogens is 860 g/mol. The van der Waals surface area contributed by atoms with Crippen LogP contribution in [0.25, 0.3) is 0 Å². The van der Waals surface area contributed by atoms with E-state index in [9.17, 15) is 18.3 Å². The number of benzene rings is 4. The maximum atomic E-state index is 14.4.